The third kappa shape index (κ3) is 5.11. The van der Waals surface area contributed by atoms with Crippen molar-refractivity contribution in [3.63, 3.8) is 0 Å². The van der Waals surface area contributed by atoms with Crippen LogP contribution in [0.15, 0.2) is 61.1 Å². The first-order valence-corrected chi connectivity index (χ1v) is 10.4. The highest BCUT2D eigenvalue weighted by atomic mass is 16.1. The Bertz CT molecular complexity index is 958. The molecule has 0 spiro atoms. The van der Waals surface area contributed by atoms with Gasteiger partial charge in [-0.25, -0.2) is 4.98 Å². The van der Waals surface area contributed by atoms with E-state index in [4.69, 9.17) is 4.98 Å². The average molecular weight is 403 g/mol. The van der Waals surface area contributed by atoms with Gasteiger partial charge in [0.15, 0.2) is 0 Å². The number of nitrogens with zero attached hydrogens (tertiary/aromatic N) is 4. The molecular formula is C23H26N6O. The quantitative estimate of drug-likeness (QED) is 0.603. The lowest BCUT2D eigenvalue weighted by Gasteiger charge is -2.19. The molecule has 0 unspecified atom stereocenters. The van der Waals surface area contributed by atoms with Gasteiger partial charge in [-0.1, -0.05) is 12.1 Å². The zero-order chi connectivity index (χ0) is 20.6. The molecule has 7 heteroatoms. The van der Waals surface area contributed by atoms with Gasteiger partial charge in [0.05, 0.1) is 5.56 Å². The fourth-order valence-electron chi connectivity index (χ4n) is 3.52. The Morgan fingerprint density at radius 2 is 1.93 bits per heavy atom. The standard InChI is InChI=1S/C23H26N6O/c30-23(27-17-18-6-5-11-24-16-18)20-8-9-21(29-14-3-4-15-29)28-22(20)26-13-10-19-7-1-2-12-25-19/h1-2,5-9,11-12,16H,3-4,10,13-15,17H2,(H,26,28)(H,27,30). The fraction of sp³-hybridized carbons (Fsp3) is 0.304. The van der Waals surface area contributed by atoms with Crippen LogP contribution in [-0.4, -0.2) is 40.5 Å². The summed E-state index contributed by atoms with van der Waals surface area (Å²) in [7, 11) is 0. The van der Waals surface area contributed by atoms with Gasteiger partial charge in [0.2, 0.25) is 0 Å². The molecule has 0 radical (unpaired) electrons. The molecule has 1 amide bonds. The zero-order valence-corrected chi connectivity index (χ0v) is 16.9. The maximum Gasteiger partial charge on any atom is 0.255 e. The summed E-state index contributed by atoms with van der Waals surface area (Å²) in [4.78, 5) is 28.4. The van der Waals surface area contributed by atoms with E-state index >= 15 is 0 Å². The van der Waals surface area contributed by atoms with Gasteiger partial charge in [-0.15, -0.1) is 0 Å². The monoisotopic (exact) mass is 402 g/mol. The van der Waals surface area contributed by atoms with E-state index in [1.54, 1.807) is 18.6 Å². The average Bonchev–Trinajstić information content (AvgIpc) is 3.34. The van der Waals surface area contributed by atoms with E-state index in [0.717, 1.165) is 36.6 Å². The van der Waals surface area contributed by atoms with Crippen LogP contribution in [0.3, 0.4) is 0 Å². The second-order valence-electron chi connectivity index (χ2n) is 7.30. The van der Waals surface area contributed by atoms with Crippen LogP contribution in [0.25, 0.3) is 0 Å². The van der Waals surface area contributed by atoms with Gasteiger partial charge in [0.25, 0.3) is 5.91 Å². The molecule has 30 heavy (non-hydrogen) atoms. The van der Waals surface area contributed by atoms with Gasteiger partial charge in [0, 0.05) is 56.9 Å². The highest BCUT2D eigenvalue weighted by Crippen LogP contribution is 2.23. The minimum atomic E-state index is -0.153. The van der Waals surface area contributed by atoms with Crippen LogP contribution in [0.2, 0.25) is 0 Å². The van der Waals surface area contributed by atoms with E-state index in [-0.39, 0.29) is 5.91 Å². The molecule has 0 bridgehead atoms. The molecule has 1 aliphatic heterocycles. The Labute approximate surface area is 176 Å². The first-order valence-electron chi connectivity index (χ1n) is 10.4. The number of aromatic nitrogens is 3. The number of carbonyl (C=O) groups excluding carboxylic acids is 1. The van der Waals surface area contributed by atoms with E-state index in [1.165, 1.54) is 12.8 Å². The minimum absolute atomic E-state index is 0.153. The molecule has 1 aliphatic rings. The molecule has 4 rings (SSSR count). The van der Waals surface area contributed by atoms with Crippen molar-refractivity contribution in [1.29, 1.82) is 0 Å². The SMILES string of the molecule is O=C(NCc1cccnc1)c1ccc(N2CCCC2)nc1NCCc1ccccn1. The summed E-state index contributed by atoms with van der Waals surface area (Å²) in [6.07, 6.45) is 8.37. The maximum absolute atomic E-state index is 12.9. The van der Waals surface area contributed by atoms with Crippen molar-refractivity contribution >= 4 is 17.5 Å². The molecule has 0 aromatic carbocycles. The molecule has 3 aromatic heterocycles. The summed E-state index contributed by atoms with van der Waals surface area (Å²) in [6, 6.07) is 13.5. The summed E-state index contributed by atoms with van der Waals surface area (Å²) >= 11 is 0. The molecular weight excluding hydrogens is 376 g/mol. The van der Waals surface area contributed by atoms with E-state index in [9.17, 15) is 4.79 Å². The molecule has 0 saturated carbocycles. The van der Waals surface area contributed by atoms with Crippen LogP contribution in [0.5, 0.6) is 0 Å². The van der Waals surface area contributed by atoms with Crippen LogP contribution in [0, 0.1) is 0 Å². The summed E-state index contributed by atoms with van der Waals surface area (Å²) < 4.78 is 0. The number of nitrogens with one attached hydrogen (secondary N) is 2. The summed E-state index contributed by atoms with van der Waals surface area (Å²) in [5, 5.41) is 6.32. The summed E-state index contributed by atoms with van der Waals surface area (Å²) in [5.74, 6) is 1.37. The lowest BCUT2D eigenvalue weighted by atomic mass is 10.2. The highest BCUT2D eigenvalue weighted by Gasteiger charge is 2.18. The molecule has 154 valence electrons. The van der Waals surface area contributed by atoms with E-state index in [1.807, 2.05) is 42.5 Å². The lowest BCUT2D eigenvalue weighted by Crippen LogP contribution is -2.26. The topological polar surface area (TPSA) is 83.0 Å². The minimum Gasteiger partial charge on any atom is -0.369 e. The van der Waals surface area contributed by atoms with Crippen molar-refractivity contribution < 1.29 is 4.79 Å². The van der Waals surface area contributed by atoms with Gasteiger partial charge in [-0.05, 0) is 48.7 Å². The molecule has 2 N–H and O–H groups in total. The number of carbonyl (C=O) groups is 1. The molecule has 1 saturated heterocycles. The third-order valence-corrected chi connectivity index (χ3v) is 5.13. The van der Waals surface area contributed by atoms with Crippen LogP contribution >= 0.6 is 0 Å². The Balaban J connectivity index is 1.47. The lowest BCUT2D eigenvalue weighted by molar-refractivity contribution is 0.0951. The second kappa shape index (κ2) is 9.82. The zero-order valence-electron chi connectivity index (χ0n) is 16.9. The summed E-state index contributed by atoms with van der Waals surface area (Å²) in [6.45, 7) is 3.09. The number of amides is 1. The number of anilines is 2. The molecule has 4 heterocycles. The Morgan fingerprint density at radius 1 is 1.03 bits per heavy atom. The predicted octanol–water partition coefficient (Wildman–Crippen LogP) is 3.06. The molecule has 7 nitrogen and oxygen atoms in total. The van der Waals surface area contributed by atoms with E-state index in [2.05, 4.69) is 25.5 Å². The number of rotatable bonds is 8. The smallest absolute Gasteiger partial charge is 0.255 e. The molecule has 0 atom stereocenters. The van der Waals surface area contributed by atoms with Crippen molar-refractivity contribution in [2.75, 3.05) is 29.9 Å². The molecule has 3 aromatic rings. The third-order valence-electron chi connectivity index (χ3n) is 5.13. The van der Waals surface area contributed by atoms with Crippen LogP contribution in [0.4, 0.5) is 11.6 Å². The van der Waals surface area contributed by atoms with E-state index < -0.39 is 0 Å². The normalized spacial score (nSPS) is 13.3. The van der Waals surface area contributed by atoms with Crippen molar-refractivity contribution in [3.8, 4) is 0 Å². The van der Waals surface area contributed by atoms with Crippen molar-refractivity contribution in [1.82, 2.24) is 20.3 Å². The number of pyridine rings is 3. The Morgan fingerprint density at radius 3 is 2.70 bits per heavy atom. The summed E-state index contributed by atoms with van der Waals surface area (Å²) in [5.41, 5.74) is 2.50. The van der Waals surface area contributed by atoms with Crippen LogP contribution in [0.1, 0.15) is 34.5 Å². The first-order chi connectivity index (χ1) is 14.8. The largest absolute Gasteiger partial charge is 0.369 e. The Hall–Kier alpha value is -3.48. The van der Waals surface area contributed by atoms with Gasteiger partial charge in [0.1, 0.15) is 11.6 Å². The molecule has 0 aliphatic carbocycles. The highest BCUT2D eigenvalue weighted by molar-refractivity contribution is 5.99. The fourth-order valence-corrected chi connectivity index (χ4v) is 3.52. The van der Waals surface area contributed by atoms with Gasteiger partial charge in [-0.2, -0.15) is 0 Å². The first kappa shape index (κ1) is 19.8. The van der Waals surface area contributed by atoms with E-state index in [0.29, 0.717) is 24.5 Å². The predicted molar refractivity (Wildman–Crippen MR) is 118 cm³/mol. The van der Waals surface area contributed by atoms with Gasteiger partial charge in [-0.3, -0.25) is 14.8 Å². The van der Waals surface area contributed by atoms with Gasteiger partial charge >= 0.3 is 0 Å². The van der Waals surface area contributed by atoms with Crippen LogP contribution in [-0.2, 0) is 13.0 Å². The maximum atomic E-state index is 12.9. The number of hydrogen-bond acceptors (Lipinski definition) is 6. The number of hydrogen-bond donors (Lipinski definition) is 2. The second-order valence-corrected chi connectivity index (χ2v) is 7.30. The van der Waals surface area contributed by atoms with Gasteiger partial charge < -0.3 is 15.5 Å². The van der Waals surface area contributed by atoms with Crippen molar-refractivity contribution in [2.45, 2.75) is 25.8 Å². The Kier molecular flexibility index (Phi) is 6.49. The molecule has 1 fully saturated rings. The van der Waals surface area contributed by atoms with Crippen molar-refractivity contribution in [2.24, 2.45) is 0 Å². The van der Waals surface area contributed by atoms with Crippen LogP contribution < -0.4 is 15.5 Å². The van der Waals surface area contributed by atoms with Crippen molar-refractivity contribution in [3.05, 3.63) is 77.9 Å².